The van der Waals surface area contributed by atoms with Crippen molar-refractivity contribution in [1.82, 2.24) is 10.2 Å². The predicted molar refractivity (Wildman–Crippen MR) is 83.2 cm³/mol. The quantitative estimate of drug-likeness (QED) is 0.885. The van der Waals surface area contributed by atoms with Gasteiger partial charge in [-0.3, -0.25) is 0 Å². The first-order valence-electron chi connectivity index (χ1n) is 6.89. The number of hydrogen-bond acceptors (Lipinski definition) is 3. The van der Waals surface area contributed by atoms with Gasteiger partial charge in [0.05, 0.1) is 3.79 Å². The molecule has 0 radical (unpaired) electrons. The van der Waals surface area contributed by atoms with Gasteiger partial charge in [0.15, 0.2) is 0 Å². The maximum absolute atomic E-state index is 3.69. The van der Waals surface area contributed by atoms with Crippen LogP contribution in [0, 0.1) is 5.92 Å². The van der Waals surface area contributed by atoms with Crippen molar-refractivity contribution in [2.24, 2.45) is 5.92 Å². The molecule has 0 aromatic carbocycles. The van der Waals surface area contributed by atoms with Gasteiger partial charge in [0.1, 0.15) is 0 Å². The summed E-state index contributed by atoms with van der Waals surface area (Å²) in [6, 6.07) is 4.96. The van der Waals surface area contributed by atoms with E-state index in [1.54, 1.807) is 0 Å². The van der Waals surface area contributed by atoms with E-state index in [9.17, 15) is 0 Å². The van der Waals surface area contributed by atoms with E-state index in [0.29, 0.717) is 6.04 Å². The lowest BCUT2D eigenvalue weighted by Crippen LogP contribution is -2.41. The van der Waals surface area contributed by atoms with Crippen LogP contribution >= 0.6 is 27.3 Å². The molecule has 2 rings (SSSR count). The largest absolute Gasteiger partial charge is 0.309 e. The zero-order valence-corrected chi connectivity index (χ0v) is 13.7. The number of nitrogens with zero attached hydrogens (tertiary/aromatic N) is 1. The van der Waals surface area contributed by atoms with Crippen molar-refractivity contribution in [1.29, 1.82) is 0 Å². The van der Waals surface area contributed by atoms with Gasteiger partial charge < -0.3 is 10.2 Å². The normalized spacial score (nSPS) is 20.2. The second-order valence-electron chi connectivity index (χ2n) is 5.15. The van der Waals surface area contributed by atoms with E-state index in [1.165, 1.54) is 41.1 Å². The van der Waals surface area contributed by atoms with Crippen LogP contribution in [0.2, 0.25) is 0 Å². The molecule has 0 amide bonds. The molecule has 1 N–H and O–H groups in total. The number of hydrogen-bond donors (Lipinski definition) is 1. The second-order valence-corrected chi connectivity index (χ2v) is 7.69. The van der Waals surface area contributed by atoms with Crippen LogP contribution in [0.4, 0.5) is 0 Å². The fourth-order valence-corrected chi connectivity index (χ4v) is 4.08. The fraction of sp³-hybridized carbons (Fsp3) is 0.714. The summed E-state index contributed by atoms with van der Waals surface area (Å²) in [6.45, 7) is 9.37. The number of nitrogens with one attached hydrogen (secondary N) is 1. The van der Waals surface area contributed by atoms with Crippen molar-refractivity contribution in [3.63, 3.8) is 0 Å². The van der Waals surface area contributed by atoms with Crippen LogP contribution in [0.5, 0.6) is 0 Å². The molecular formula is C14H23BrN2S. The third kappa shape index (κ3) is 4.05. The van der Waals surface area contributed by atoms with Crippen molar-refractivity contribution in [3.8, 4) is 0 Å². The number of likely N-dealkylation sites (tertiary alicyclic amines) is 1. The van der Waals surface area contributed by atoms with E-state index >= 15 is 0 Å². The van der Waals surface area contributed by atoms with E-state index in [0.717, 1.165) is 12.5 Å². The van der Waals surface area contributed by atoms with Gasteiger partial charge in [-0.05, 0) is 73.4 Å². The summed E-state index contributed by atoms with van der Waals surface area (Å²) in [7, 11) is 0. The fourth-order valence-electron chi connectivity index (χ4n) is 2.64. The van der Waals surface area contributed by atoms with Crippen LogP contribution in [0.15, 0.2) is 15.9 Å². The zero-order valence-electron chi connectivity index (χ0n) is 11.3. The minimum atomic E-state index is 0.630. The van der Waals surface area contributed by atoms with E-state index in [2.05, 4.69) is 52.1 Å². The monoisotopic (exact) mass is 330 g/mol. The van der Waals surface area contributed by atoms with Gasteiger partial charge in [0, 0.05) is 17.5 Å². The molecule has 0 spiro atoms. The van der Waals surface area contributed by atoms with Crippen LogP contribution in [0.1, 0.15) is 31.6 Å². The molecule has 1 fully saturated rings. The average Bonchev–Trinajstić information content (AvgIpc) is 2.82. The van der Waals surface area contributed by atoms with Gasteiger partial charge in [-0.25, -0.2) is 0 Å². The van der Waals surface area contributed by atoms with Crippen LogP contribution in [-0.4, -0.2) is 30.6 Å². The molecule has 1 aromatic rings. The van der Waals surface area contributed by atoms with Crippen LogP contribution < -0.4 is 5.32 Å². The summed E-state index contributed by atoms with van der Waals surface area (Å²) in [5.74, 6) is 0.844. The lowest BCUT2D eigenvalue weighted by Gasteiger charge is -2.34. The minimum Gasteiger partial charge on any atom is -0.309 e. The second kappa shape index (κ2) is 7.04. The highest BCUT2D eigenvalue weighted by Crippen LogP contribution is 2.23. The average molecular weight is 331 g/mol. The number of thiophene rings is 1. The summed E-state index contributed by atoms with van der Waals surface area (Å²) in [4.78, 5) is 3.97. The molecule has 0 bridgehead atoms. The van der Waals surface area contributed by atoms with Crippen molar-refractivity contribution in [2.75, 3.05) is 19.6 Å². The molecule has 1 aliphatic heterocycles. The Kier molecular flexibility index (Phi) is 5.67. The molecule has 18 heavy (non-hydrogen) atoms. The van der Waals surface area contributed by atoms with Crippen molar-refractivity contribution in [3.05, 3.63) is 20.8 Å². The van der Waals surface area contributed by atoms with E-state index < -0.39 is 0 Å². The Morgan fingerprint density at radius 1 is 1.44 bits per heavy atom. The molecule has 1 aromatic heterocycles. The molecule has 102 valence electrons. The minimum absolute atomic E-state index is 0.630. The Balaban J connectivity index is 1.73. The molecule has 0 aliphatic carbocycles. The van der Waals surface area contributed by atoms with Gasteiger partial charge in [-0.2, -0.15) is 0 Å². The molecule has 1 aliphatic rings. The van der Waals surface area contributed by atoms with Gasteiger partial charge in [-0.1, -0.05) is 6.92 Å². The Bertz CT molecular complexity index is 358. The predicted octanol–water partition coefficient (Wildman–Crippen LogP) is 3.72. The summed E-state index contributed by atoms with van der Waals surface area (Å²) >= 11 is 5.34. The molecule has 1 atom stereocenters. The Morgan fingerprint density at radius 2 is 2.17 bits per heavy atom. The van der Waals surface area contributed by atoms with Gasteiger partial charge in [-0.15, -0.1) is 11.3 Å². The number of piperidine rings is 1. The summed E-state index contributed by atoms with van der Waals surface area (Å²) in [5.41, 5.74) is 0. The smallest absolute Gasteiger partial charge is 0.0701 e. The molecular weight excluding hydrogens is 308 g/mol. The van der Waals surface area contributed by atoms with Crippen LogP contribution in [-0.2, 0) is 6.54 Å². The maximum Gasteiger partial charge on any atom is 0.0701 e. The zero-order chi connectivity index (χ0) is 13.0. The van der Waals surface area contributed by atoms with Crippen molar-refractivity contribution in [2.45, 2.75) is 39.3 Å². The number of halogens is 1. The molecule has 2 heterocycles. The van der Waals surface area contributed by atoms with Gasteiger partial charge in [0.2, 0.25) is 0 Å². The third-order valence-corrected chi connectivity index (χ3v) is 5.64. The molecule has 4 heteroatoms. The lowest BCUT2D eigenvalue weighted by atomic mass is 9.90. The number of rotatable bonds is 5. The highest BCUT2D eigenvalue weighted by molar-refractivity contribution is 9.11. The standard InChI is InChI=1S/C14H23BrN2S/c1-3-17-8-6-12(7-9-17)11(2)16-10-13-4-5-14(15)18-13/h4-5,11-12,16H,3,6-10H2,1-2H3. The van der Waals surface area contributed by atoms with Crippen molar-refractivity contribution < 1.29 is 0 Å². The van der Waals surface area contributed by atoms with Gasteiger partial charge >= 0.3 is 0 Å². The SMILES string of the molecule is CCN1CCC(C(C)NCc2ccc(Br)s2)CC1. The van der Waals surface area contributed by atoms with Gasteiger partial charge in [0.25, 0.3) is 0 Å². The Morgan fingerprint density at radius 3 is 2.72 bits per heavy atom. The van der Waals surface area contributed by atoms with Crippen molar-refractivity contribution >= 4 is 27.3 Å². The third-order valence-electron chi connectivity index (χ3n) is 4.01. The summed E-state index contributed by atoms with van der Waals surface area (Å²) in [6.07, 6.45) is 2.69. The van der Waals surface area contributed by atoms with E-state index in [1.807, 2.05) is 11.3 Å². The first-order valence-corrected chi connectivity index (χ1v) is 8.50. The first-order chi connectivity index (χ1) is 8.69. The lowest BCUT2D eigenvalue weighted by molar-refractivity contribution is 0.168. The highest BCUT2D eigenvalue weighted by atomic mass is 79.9. The van der Waals surface area contributed by atoms with E-state index in [-0.39, 0.29) is 0 Å². The van der Waals surface area contributed by atoms with Crippen LogP contribution in [0.25, 0.3) is 0 Å². The summed E-state index contributed by atoms with van der Waals surface area (Å²) in [5, 5.41) is 3.69. The van der Waals surface area contributed by atoms with Crippen LogP contribution in [0.3, 0.4) is 0 Å². The Labute approximate surface area is 123 Å². The molecule has 0 saturated carbocycles. The molecule has 2 nitrogen and oxygen atoms in total. The molecule has 1 saturated heterocycles. The molecule has 1 unspecified atom stereocenters. The maximum atomic E-state index is 3.69. The highest BCUT2D eigenvalue weighted by Gasteiger charge is 2.22. The summed E-state index contributed by atoms with van der Waals surface area (Å²) < 4.78 is 1.23. The Hall–Kier alpha value is 0.1000. The van der Waals surface area contributed by atoms with E-state index in [4.69, 9.17) is 0 Å². The first kappa shape index (κ1) is 14.5. The topological polar surface area (TPSA) is 15.3 Å².